The van der Waals surface area contributed by atoms with E-state index in [1.54, 1.807) is 0 Å². The van der Waals surface area contributed by atoms with Crippen LogP contribution >= 0.6 is 0 Å². The molecule has 0 fully saturated rings. The van der Waals surface area contributed by atoms with Crippen LogP contribution in [0.4, 0.5) is 10.1 Å². The van der Waals surface area contributed by atoms with Gasteiger partial charge in [-0.1, -0.05) is 19.8 Å². The molecule has 0 aliphatic carbocycles. The van der Waals surface area contributed by atoms with Gasteiger partial charge in [-0.2, -0.15) is 4.39 Å². The van der Waals surface area contributed by atoms with Crippen molar-refractivity contribution in [2.24, 2.45) is 0 Å². The lowest BCUT2D eigenvalue weighted by Crippen LogP contribution is -2.18. The summed E-state index contributed by atoms with van der Waals surface area (Å²) in [4.78, 5) is 5.58. The van der Waals surface area contributed by atoms with Crippen LogP contribution in [0.3, 0.4) is 0 Å². The molecule has 0 aliphatic heterocycles. The maximum Gasteiger partial charge on any atom is 0.214 e. The first-order valence-electron chi connectivity index (χ1n) is 5.06. The zero-order valence-corrected chi connectivity index (χ0v) is 8.83. The second kappa shape index (κ2) is 5.58. The highest BCUT2D eigenvalue weighted by Crippen LogP contribution is 2.12. The number of unbranched alkanes of at least 4 members (excludes halogenated alkanes) is 2. The molecule has 0 radical (unpaired) electrons. The quantitative estimate of drug-likeness (QED) is 0.531. The summed E-state index contributed by atoms with van der Waals surface area (Å²) in [6, 6.07) is 3.29. The van der Waals surface area contributed by atoms with E-state index < -0.39 is 5.95 Å². The van der Waals surface area contributed by atoms with E-state index in [9.17, 15) is 4.39 Å². The van der Waals surface area contributed by atoms with Crippen molar-refractivity contribution in [1.29, 1.82) is 0 Å². The zero-order chi connectivity index (χ0) is 10.4. The predicted octanol–water partition coefficient (Wildman–Crippen LogP) is 2.85. The van der Waals surface area contributed by atoms with E-state index in [0.717, 1.165) is 18.7 Å². The first kappa shape index (κ1) is 11.0. The van der Waals surface area contributed by atoms with Crippen LogP contribution in [0.5, 0.6) is 0 Å². The van der Waals surface area contributed by atoms with Gasteiger partial charge in [-0.25, -0.2) is 4.98 Å². The number of aromatic nitrogens is 1. The third-order valence-corrected chi connectivity index (χ3v) is 2.25. The molecule has 1 rings (SSSR count). The highest BCUT2D eigenvalue weighted by atomic mass is 19.1. The summed E-state index contributed by atoms with van der Waals surface area (Å²) in [6.45, 7) is 3.14. The van der Waals surface area contributed by atoms with Crippen LogP contribution in [-0.4, -0.2) is 18.6 Å². The molecule has 0 atom stereocenters. The monoisotopic (exact) mass is 196 g/mol. The van der Waals surface area contributed by atoms with E-state index in [2.05, 4.69) is 16.8 Å². The molecule has 1 aromatic heterocycles. The van der Waals surface area contributed by atoms with Crippen LogP contribution in [0.2, 0.25) is 0 Å². The molecule has 3 heteroatoms. The maximum atomic E-state index is 12.8. The second-order valence-corrected chi connectivity index (χ2v) is 3.47. The van der Waals surface area contributed by atoms with Gasteiger partial charge in [0.1, 0.15) is 0 Å². The molecule has 0 bridgehead atoms. The number of nitrogens with zero attached hydrogens (tertiary/aromatic N) is 2. The van der Waals surface area contributed by atoms with Crippen molar-refractivity contribution in [3.05, 3.63) is 24.3 Å². The number of halogens is 1. The summed E-state index contributed by atoms with van der Waals surface area (Å²) in [7, 11) is 1.98. The summed E-state index contributed by atoms with van der Waals surface area (Å²) in [6.07, 6.45) is 5.08. The zero-order valence-electron chi connectivity index (χ0n) is 8.83. The van der Waals surface area contributed by atoms with Crippen LogP contribution < -0.4 is 4.90 Å². The fourth-order valence-electron chi connectivity index (χ4n) is 1.36. The Balaban J connectivity index is 2.47. The third-order valence-electron chi connectivity index (χ3n) is 2.25. The molecule has 0 saturated carbocycles. The lowest BCUT2D eigenvalue weighted by molar-refractivity contribution is 0.583. The Morgan fingerprint density at radius 1 is 1.43 bits per heavy atom. The molecule has 0 spiro atoms. The lowest BCUT2D eigenvalue weighted by atomic mass is 10.2. The molecule has 0 N–H and O–H groups in total. The van der Waals surface area contributed by atoms with Gasteiger partial charge >= 0.3 is 0 Å². The van der Waals surface area contributed by atoms with E-state index >= 15 is 0 Å². The smallest absolute Gasteiger partial charge is 0.214 e. The van der Waals surface area contributed by atoms with Crippen molar-refractivity contribution >= 4 is 5.69 Å². The fraction of sp³-hybridized carbons (Fsp3) is 0.545. The molecule has 14 heavy (non-hydrogen) atoms. The molecule has 1 aromatic rings. The largest absolute Gasteiger partial charge is 0.374 e. The van der Waals surface area contributed by atoms with Gasteiger partial charge in [0.15, 0.2) is 0 Å². The van der Waals surface area contributed by atoms with Crippen molar-refractivity contribution < 1.29 is 4.39 Å². The summed E-state index contributed by atoms with van der Waals surface area (Å²) in [5.74, 6) is -0.412. The van der Waals surface area contributed by atoms with E-state index in [-0.39, 0.29) is 0 Å². The molecule has 1 heterocycles. The molecule has 0 unspecified atom stereocenters. The number of anilines is 1. The minimum atomic E-state index is -0.412. The number of hydrogen-bond donors (Lipinski definition) is 0. The Labute approximate surface area is 84.8 Å². The van der Waals surface area contributed by atoms with E-state index in [0.29, 0.717) is 0 Å². The van der Waals surface area contributed by atoms with Crippen molar-refractivity contribution in [2.45, 2.75) is 26.2 Å². The maximum absolute atomic E-state index is 12.8. The summed E-state index contributed by atoms with van der Waals surface area (Å²) >= 11 is 0. The highest BCUT2D eigenvalue weighted by molar-refractivity contribution is 5.43. The lowest BCUT2D eigenvalue weighted by Gasteiger charge is -2.18. The Bertz CT molecular complexity index is 276. The standard InChI is InChI=1S/C11H17FN2/c1-3-4-5-8-14(2)10-6-7-13-11(12)9-10/h6-7,9H,3-5,8H2,1-2H3. The van der Waals surface area contributed by atoms with E-state index in [4.69, 9.17) is 0 Å². The van der Waals surface area contributed by atoms with Crippen molar-refractivity contribution in [3.8, 4) is 0 Å². The third kappa shape index (κ3) is 3.32. The van der Waals surface area contributed by atoms with Gasteiger partial charge in [0.25, 0.3) is 0 Å². The molecule has 0 aromatic carbocycles. The topological polar surface area (TPSA) is 16.1 Å². The Morgan fingerprint density at radius 2 is 2.21 bits per heavy atom. The molecular weight excluding hydrogens is 179 g/mol. The van der Waals surface area contributed by atoms with Gasteiger partial charge in [-0.15, -0.1) is 0 Å². The minimum absolute atomic E-state index is 0.412. The van der Waals surface area contributed by atoms with Crippen LogP contribution in [0.15, 0.2) is 18.3 Å². The predicted molar refractivity (Wildman–Crippen MR) is 57.0 cm³/mol. The fourth-order valence-corrected chi connectivity index (χ4v) is 1.36. The SMILES string of the molecule is CCCCCN(C)c1ccnc(F)c1. The molecule has 0 saturated heterocycles. The van der Waals surface area contributed by atoms with Gasteiger partial charge in [-0.05, 0) is 12.5 Å². The van der Waals surface area contributed by atoms with Crippen molar-refractivity contribution in [2.75, 3.05) is 18.5 Å². The van der Waals surface area contributed by atoms with Crippen molar-refractivity contribution in [3.63, 3.8) is 0 Å². The molecule has 0 aliphatic rings. The van der Waals surface area contributed by atoms with Gasteiger partial charge in [-0.3, -0.25) is 0 Å². The van der Waals surface area contributed by atoms with Crippen molar-refractivity contribution in [1.82, 2.24) is 4.98 Å². The molecule has 2 nitrogen and oxygen atoms in total. The first-order chi connectivity index (χ1) is 6.74. The Morgan fingerprint density at radius 3 is 2.86 bits per heavy atom. The van der Waals surface area contributed by atoms with E-state index in [1.807, 2.05) is 13.1 Å². The van der Waals surface area contributed by atoms with Crippen LogP contribution in [-0.2, 0) is 0 Å². The number of rotatable bonds is 5. The Hall–Kier alpha value is -1.12. The van der Waals surface area contributed by atoms with Crippen LogP contribution in [0.1, 0.15) is 26.2 Å². The van der Waals surface area contributed by atoms with Gasteiger partial charge in [0, 0.05) is 31.5 Å². The van der Waals surface area contributed by atoms with Gasteiger partial charge in [0.05, 0.1) is 0 Å². The van der Waals surface area contributed by atoms with Crippen LogP contribution in [0.25, 0.3) is 0 Å². The van der Waals surface area contributed by atoms with Gasteiger partial charge in [0.2, 0.25) is 5.95 Å². The summed E-state index contributed by atoms with van der Waals surface area (Å²) < 4.78 is 12.8. The number of pyridine rings is 1. The molecule has 0 amide bonds. The van der Waals surface area contributed by atoms with Gasteiger partial charge < -0.3 is 4.90 Å². The summed E-state index contributed by atoms with van der Waals surface area (Å²) in [5, 5.41) is 0. The normalized spacial score (nSPS) is 10.2. The minimum Gasteiger partial charge on any atom is -0.374 e. The summed E-state index contributed by atoms with van der Waals surface area (Å²) in [5.41, 5.74) is 0.897. The Kier molecular flexibility index (Phi) is 4.36. The van der Waals surface area contributed by atoms with Crippen LogP contribution in [0, 0.1) is 5.95 Å². The van der Waals surface area contributed by atoms with E-state index in [1.165, 1.54) is 25.1 Å². The highest BCUT2D eigenvalue weighted by Gasteiger charge is 2.01. The second-order valence-electron chi connectivity index (χ2n) is 3.47. The average Bonchev–Trinajstić information content (AvgIpc) is 2.18. The molecular formula is C11H17FN2. The average molecular weight is 196 g/mol. The first-order valence-corrected chi connectivity index (χ1v) is 5.06. The molecule has 78 valence electrons. The number of hydrogen-bond acceptors (Lipinski definition) is 2.